The summed E-state index contributed by atoms with van der Waals surface area (Å²) in [5.74, 6) is 0.917. The van der Waals surface area contributed by atoms with E-state index < -0.39 is 0 Å². The first-order valence-corrected chi connectivity index (χ1v) is 9.01. The van der Waals surface area contributed by atoms with Crippen molar-refractivity contribution in [3.63, 3.8) is 0 Å². The van der Waals surface area contributed by atoms with Crippen molar-refractivity contribution in [3.05, 3.63) is 65.2 Å². The second kappa shape index (κ2) is 9.89. The van der Waals surface area contributed by atoms with E-state index in [4.69, 9.17) is 9.47 Å². The van der Waals surface area contributed by atoms with Gasteiger partial charge in [-0.25, -0.2) is 0 Å². The summed E-state index contributed by atoms with van der Waals surface area (Å²) in [7, 11) is 0. The Morgan fingerprint density at radius 3 is 2.76 bits per heavy atom. The van der Waals surface area contributed by atoms with E-state index in [1.54, 1.807) is 30.3 Å². The number of benzene rings is 2. The molecule has 0 spiro atoms. The second-order valence-corrected chi connectivity index (χ2v) is 6.31. The average molecular weight is 404 g/mol. The minimum atomic E-state index is -0.248. The third-order valence-electron chi connectivity index (χ3n) is 3.43. The smallest absolute Gasteiger partial charge is 0.259 e. The van der Waals surface area contributed by atoms with Crippen molar-refractivity contribution in [2.75, 3.05) is 18.5 Å². The molecule has 2 aromatic rings. The molecule has 4 nitrogen and oxygen atoms in total. The van der Waals surface area contributed by atoms with Crippen LogP contribution in [0.25, 0.3) is 0 Å². The number of hydrogen-bond acceptors (Lipinski definition) is 3. The number of nitrogens with one attached hydrogen (secondary N) is 1. The zero-order valence-electron chi connectivity index (χ0n) is 14.3. The molecule has 0 saturated heterocycles. The number of amides is 1. The minimum absolute atomic E-state index is 0.248. The van der Waals surface area contributed by atoms with Crippen LogP contribution in [0.5, 0.6) is 11.5 Å². The molecular formula is C20H22BrNO3. The summed E-state index contributed by atoms with van der Waals surface area (Å²) in [6, 6.07) is 12.7. The molecule has 0 aliphatic rings. The van der Waals surface area contributed by atoms with E-state index in [1.165, 1.54) is 0 Å². The summed E-state index contributed by atoms with van der Waals surface area (Å²) >= 11 is 3.41. The number of anilines is 1. The van der Waals surface area contributed by atoms with Crippen LogP contribution >= 0.6 is 15.9 Å². The topological polar surface area (TPSA) is 47.6 Å². The largest absolute Gasteiger partial charge is 0.493 e. The summed E-state index contributed by atoms with van der Waals surface area (Å²) in [4.78, 5) is 12.8. The molecule has 0 aliphatic carbocycles. The van der Waals surface area contributed by atoms with Crippen LogP contribution < -0.4 is 14.8 Å². The van der Waals surface area contributed by atoms with Gasteiger partial charge in [0.15, 0.2) is 0 Å². The van der Waals surface area contributed by atoms with E-state index in [0.29, 0.717) is 36.0 Å². The first-order valence-electron chi connectivity index (χ1n) is 8.22. The Hall–Kier alpha value is -2.27. The molecule has 2 rings (SSSR count). The van der Waals surface area contributed by atoms with Gasteiger partial charge in [-0.3, -0.25) is 4.79 Å². The second-order valence-electron chi connectivity index (χ2n) is 5.39. The number of carbonyl (C=O) groups excluding carboxylic acids is 1. The van der Waals surface area contributed by atoms with E-state index in [2.05, 4.69) is 34.7 Å². The number of hydrogen-bond donors (Lipinski definition) is 1. The SMILES string of the molecule is C=CCOc1ccccc1NC(=O)c1cc(Br)ccc1OCCCC. The monoisotopic (exact) mass is 403 g/mol. The average Bonchev–Trinajstić information content (AvgIpc) is 2.62. The van der Waals surface area contributed by atoms with Crippen LogP contribution in [0, 0.1) is 0 Å². The normalized spacial score (nSPS) is 10.2. The van der Waals surface area contributed by atoms with Gasteiger partial charge >= 0.3 is 0 Å². The minimum Gasteiger partial charge on any atom is -0.493 e. The maximum absolute atomic E-state index is 12.8. The quantitative estimate of drug-likeness (QED) is 0.447. The lowest BCUT2D eigenvalue weighted by atomic mass is 10.1. The van der Waals surface area contributed by atoms with Gasteiger partial charge < -0.3 is 14.8 Å². The van der Waals surface area contributed by atoms with Crippen LogP contribution in [0.4, 0.5) is 5.69 Å². The summed E-state index contributed by atoms with van der Waals surface area (Å²) in [6.45, 7) is 6.68. The van der Waals surface area contributed by atoms with Crippen LogP contribution in [0.15, 0.2) is 59.6 Å². The summed E-state index contributed by atoms with van der Waals surface area (Å²) in [5, 5.41) is 2.89. The Balaban J connectivity index is 2.20. The first-order chi connectivity index (χ1) is 12.2. The Morgan fingerprint density at radius 1 is 1.20 bits per heavy atom. The number of rotatable bonds is 9. The highest BCUT2D eigenvalue weighted by Gasteiger charge is 2.15. The van der Waals surface area contributed by atoms with Gasteiger partial charge in [0.1, 0.15) is 18.1 Å². The van der Waals surface area contributed by atoms with Gasteiger partial charge in [-0.15, -0.1) is 0 Å². The molecule has 1 N–H and O–H groups in total. The third kappa shape index (κ3) is 5.64. The van der Waals surface area contributed by atoms with E-state index >= 15 is 0 Å². The van der Waals surface area contributed by atoms with Crippen molar-refractivity contribution < 1.29 is 14.3 Å². The van der Waals surface area contributed by atoms with Crippen molar-refractivity contribution in [2.24, 2.45) is 0 Å². The molecule has 2 aromatic carbocycles. The number of carbonyl (C=O) groups is 1. The van der Waals surface area contributed by atoms with Crippen molar-refractivity contribution in [1.29, 1.82) is 0 Å². The van der Waals surface area contributed by atoms with Crippen molar-refractivity contribution in [2.45, 2.75) is 19.8 Å². The number of para-hydroxylation sites is 2. The lowest BCUT2D eigenvalue weighted by molar-refractivity contribution is 0.102. The molecule has 0 aromatic heterocycles. The van der Waals surface area contributed by atoms with Gasteiger partial charge in [-0.05, 0) is 36.8 Å². The Morgan fingerprint density at radius 2 is 2.00 bits per heavy atom. The molecule has 1 amide bonds. The van der Waals surface area contributed by atoms with Gasteiger partial charge in [0.2, 0.25) is 0 Å². The zero-order chi connectivity index (χ0) is 18.1. The standard InChI is InChI=1S/C20H22BrNO3/c1-3-5-13-25-18-11-10-15(21)14-16(18)20(23)22-17-8-6-7-9-19(17)24-12-4-2/h4,6-11,14H,2-3,5,12-13H2,1H3,(H,22,23). The van der Waals surface area contributed by atoms with Crippen molar-refractivity contribution in [3.8, 4) is 11.5 Å². The Bertz CT molecular complexity index is 731. The molecule has 0 saturated carbocycles. The molecule has 5 heteroatoms. The van der Waals surface area contributed by atoms with Crippen LogP contribution in [-0.2, 0) is 0 Å². The first kappa shape index (κ1) is 19.1. The van der Waals surface area contributed by atoms with Crippen LogP contribution in [-0.4, -0.2) is 19.1 Å². The molecular weight excluding hydrogens is 382 g/mol. The van der Waals surface area contributed by atoms with Gasteiger partial charge in [-0.2, -0.15) is 0 Å². The molecule has 132 valence electrons. The van der Waals surface area contributed by atoms with E-state index in [-0.39, 0.29) is 5.91 Å². The van der Waals surface area contributed by atoms with Gasteiger partial charge in [-0.1, -0.05) is 54.1 Å². The highest BCUT2D eigenvalue weighted by atomic mass is 79.9. The van der Waals surface area contributed by atoms with Gasteiger partial charge in [0.05, 0.1) is 17.9 Å². The van der Waals surface area contributed by atoms with Gasteiger partial charge in [0, 0.05) is 4.47 Å². The highest BCUT2D eigenvalue weighted by molar-refractivity contribution is 9.10. The fraction of sp³-hybridized carbons (Fsp3) is 0.250. The van der Waals surface area contributed by atoms with Gasteiger partial charge in [0.25, 0.3) is 5.91 Å². The van der Waals surface area contributed by atoms with E-state index in [9.17, 15) is 4.79 Å². The number of halogens is 1. The zero-order valence-corrected chi connectivity index (χ0v) is 15.8. The fourth-order valence-electron chi connectivity index (χ4n) is 2.17. The molecule has 0 fully saturated rings. The maximum Gasteiger partial charge on any atom is 0.259 e. The predicted octanol–water partition coefficient (Wildman–Crippen LogP) is 5.45. The van der Waals surface area contributed by atoms with E-state index in [0.717, 1.165) is 17.3 Å². The Labute approximate surface area is 157 Å². The third-order valence-corrected chi connectivity index (χ3v) is 3.93. The maximum atomic E-state index is 12.8. The molecule has 25 heavy (non-hydrogen) atoms. The predicted molar refractivity (Wildman–Crippen MR) is 105 cm³/mol. The van der Waals surface area contributed by atoms with Crippen molar-refractivity contribution >= 4 is 27.5 Å². The molecule has 0 heterocycles. The van der Waals surface area contributed by atoms with Crippen molar-refractivity contribution in [1.82, 2.24) is 0 Å². The molecule has 0 unspecified atom stereocenters. The Kier molecular flexibility index (Phi) is 7.54. The fourth-order valence-corrected chi connectivity index (χ4v) is 2.53. The van der Waals surface area contributed by atoms with Crippen LogP contribution in [0.3, 0.4) is 0 Å². The molecule has 0 aliphatic heterocycles. The van der Waals surface area contributed by atoms with Crippen LogP contribution in [0.2, 0.25) is 0 Å². The van der Waals surface area contributed by atoms with Crippen LogP contribution in [0.1, 0.15) is 30.1 Å². The van der Waals surface area contributed by atoms with E-state index in [1.807, 2.05) is 18.2 Å². The highest BCUT2D eigenvalue weighted by Crippen LogP contribution is 2.28. The summed E-state index contributed by atoms with van der Waals surface area (Å²) < 4.78 is 12.2. The number of ether oxygens (including phenoxy) is 2. The molecule has 0 bridgehead atoms. The lowest BCUT2D eigenvalue weighted by Gasteiger charge is -2.14. The summed E-state index contributed by atoms with van der Waals surface area (Å²) in [5.41, 5.74) is 1.08. The molecule has 0 atom stereocenters. The molecule has 0 radical (unpaired) electrons. The summed E-state index contributed by atoms with van der Waals surface area (Å²) in [6.07, 6.45) is 3.63. The number of unbranched alkanes of at least 4 members (excludes halogenated alkanes) is 1. The lowest BCUT2D eigenvalue weighted by Crippen LogP contribution is -2.15.